The number of ether oxygens (including phenoxy) is 1. The van der Waals surface area contributed by atoms with Gasteiger partial charge in [-0.05, 0) is 66.7 Å². The Morgan fingerprint density at radius 2 is 1.93 bits per heavy atom. The lowest BCUT2D eigenvalue weighted by Crippen LogP contribution is -2.29. The Bertz CT molecular complexity index is 1060. The lowest BCUT2D eigenvalue weighted by Gasteiger charge is -2.11. The highest BCUT2D eigenvalue weighted by Crippen LogP contribution is 2.34. The van der Waals surface area contributed by atoms with Gasteiger partial charge in [0.15, 0.2) is 5.17 Å². The van der Waals surface area contributed by atoms with E-state index in [1.807, 2.05) is 18.2 Å². The van der Waals surface area contributed by atoms with Crippen molar-refractivity contribution in [2.24, 2.45) is 4.40 Å². The van der Waals surface area contributed by atoms with E-state index in [1.54, 1.807) is 38.3 Å². The Labute approximate surface area is 176 Å². The molecule has 28 heavy (non-hydrogen) atoms. The minimum absolute atomic E-state index is 0.0672. The summed E-state index contributed by atoms with van der Waals surface area (Å²) in [6.45, 7) is 2.09. The number of thioether (sulfide) groups is 1. The van der Waals surface area contributed by atoms with Gasteiger partial charge in [-0.25, -0.2) is 0 Å². The number of sulfonamides is 1. The third-order valence-corrected chi connectivity index (χ3v) is 6.84. The van der Waals surface area contributed by atoms with Crippen molar-refractivity contribution in [3.8, 4) is 5.75 Å². The van der Waals surface area contributed by atoms with Crippen molar-refractivity contribution in [2.75, 3.05) is 13.7 Å². The summed E-state index contributed by atoms with van der Waals surface area (Å²) in [5.74, 6) is 0.393. The monoisotopic (exact) mass is 480 g/mol. The van der Waals surface area contributed by atoms with Crippen LogP contribution in [0.1, 0.15) is 12.5 Å². The largest absolute Gasteiger partial charge is 0.497 e. The molecule has 1 aliphatic heterocycles. The predicted octanol–water partition coefficient (Wildman–Crippen LogP) is 4.14. The topological polar surface area (TPSA) is 76.0 Å². The van der Waals surface area contributed by atoms with Crippen LogP contribution in [0.3, 0.4) is 0 Å². The lowest BCUT2D eigenvalue weighted by molar-refractivity contribution is -0.122. The second kappa shape index (κ2) is 8.50. The van der Waals surface area contributed by atoms with Gasteiger partial charge in [0.2, 0.25) is 0 Å². The summed E-state index contributed by atoms with van der Waals surface area (Å²) < 4.78 is 35.1. The van der Waals surface area contributed by atoms with Gasteiger partial charge in [0.05, 0.1) is 16.9 Å². The number of amides is 1. The maximum absolute atomic E-state index is 12.7. The van der Waals surface area contributed by atoms with E-state index in [-0.39, 0.29) is 16.0 Å². The first-order valence-electron chi connectivity index (χ1n) is 8.30. The Morgan fingerprint density at radius 1 is 1.21 bits per heavy atom. The summed E-state index contributed by atoms with van der Waals surface area (Å²) in [7, 11) is -2.36. The number of benzene rings is 2. The Balaban J connectivity index is 1.96. The number of halogens is 1. The van der Waals surface area contributed by atoms with Gasteiger partial charge in [-0.15, -0.1) is 4.40 Å². The second-order valence-corrected chi connectivity index (χ2v) is 9.27. The van der Waals surface area contributed by atoms with Gasteiger partial charge in [0.25, 0.3) is 15.9 Å². The van der Waals surface area contributed by atoms with Crippen LogP contribution in [0.2, 0.25) is 0 Å². The molecule has 1 fully saturated rings. The highest BCUT2D eigenvalue weighted by Gasteiger charge is 2.34. The van der Waals surface area contributed by atoms with Gasteiger partial charge in [-0.1, -0.05) is 28.1 Å². The lowest BCUT2D eigenvalue weighted by atomic mass is 10.2. The van der Waals surface area contributed by atoms with Crippen LogP contribution in [0.4, 0.5) is 0 Å². The molecule has 1 aliphatic rings. The SMILES string of the molecule is CCN1C(=O)/C(=C\c2cccc(OC)c2)SC1=NS(=O)(=O)c1ccc(Br)cc1. The zero-order valence-corrected chi connectivity index (χ0v) is 18.3. The molecule has 0 radical (unpaired) electrons. The van der Waals surface area contributed by atoms with E-state index in [4.69, 9.17) is 4.74 Å². The number of carbonyl (C=O) groups is 1. The smallest absolute Gasteiger partial charge is 0.284 e. The standard InChI is InChI=1S/C19H17BrN2O4S2/c1-3-22-18(23)17(12-13-5-4-6-15(11-13)26-2)27-19(22)21-28(24,25)16-9-7-14(20)8-10-16/h4-12H,3H2,1-2H3/b17-12+,21-19?. The summed E-state index contributed by atoms with van der Waals surface area (Å²) in [4.78, 5) is 14.5. The number of hydrogen-bond acceptors (Lipinski definition) is 5. The molecule has 0 saturated carbocycles. The van der Waals surface area contributed by atoms with E-state index in [1.165, 1.54) is 17.0 Å². The van der Waals surface area contributed by atoms with Crippen LogP contribution in [-0.4, -0.2) is 38.0 Å². The molecule has 9 heteroatoms. The average molecular weight is 481 g/mol. The molecule has 0 spiro atoms. The van der Waals surface area contributed by atoms with Crippen LogP contribution < -0.4 is 4.74 Å². The van der Waals surface area contributed by atoms with Gasteiger partial charge in [-0.3, -0.25) is 9.69 Å². The Kier molecular flexibility index (Phi) is 6.26. The zero-order valence-electron chi connectivity index (χ0n) is 15.1. The molecule has 0 atom stereocenters. The molecule has 2 aromatic carbocycles. The molecule has 0 N–H and O–H groups in total. The van der Waals surface area contributed by atoms with Gasteiger partial charge in [0.1, 0.15) is 5.75 Å². The fourth-order valence-corrected chi connectivity index (χ4v) is 5.01. The molecular formula is C19H17BrN2O4S2. The van der Waals surface area contributed by atoms with E-state index < -0.39 is 10.0 Å². The summed E-state index contributed by atoms with van der Waals surface area (Å²) in [6.07, 6.45) is 1.70. The molecule has 1 saturated heterocycles. The molecule has 6 nitrogen and oxygen atoms in total. The third-order valence-electron chi connectivity index (χ3n) is 3.91. The van der Waals surface area contributed by atoms with E-state index >= 15 is 0 Å². The van der Waals surface area contributed by atoms with Crippen molar-refractivity contribution in [3.63, 3.8) is 0 Å². The molecule has 3 rings (SSSR count). The summed E-state index contributed by atoms with van der Waals surface area (Å²) in [5, 5.41) is 0.143. The zero-order chi connectivity index (χ0) is 20.3. The Morgan fingerprint density at radius 3 is 2.57 bits per heavy atom. The average Bonchev–Trinajstić information content (AvgIpc) is 2.95. The van der Waals surface area contributed by atoms with Crippen LogP contribution >= 0.6 is 27.7 Å². The van der Waals surface area contributed by atoms with Gasteiger partial charge < -0.3 is 4.74 Å². The minimum atomic E-state index is -3.93. The first-order chi connectivity index (χ1) is 13.3. The molecule has 2 aromatic rings. The third kappa shape index (κ3) is 4.48. The molecule has 0 unspecified atom stereocenters. The molecule has 0 aromatic heterocycles. The normalized spacial score (nSPS) is 17.5. The summed E-state index contributed by atoms with van der Waals surface area (Å²) >= 11 is 4.32. The minimum Gasteiger partial charge on any atom is -0.497 e. The fourth-order valence-electron chi connectivity index (χ4n) is 2.50. The number of nitrogens with zero attached hydrogens (tertiary/aromatic N) is 2. The van der Waals surface area contributed by atoms with Crippen molar-refractivity contribution in [1.82, 2.24) is 4.90 Å². The molecule has 1 heterocycles. The van der Waals surface area contributed by atoms with Crippen molar-refractivity contribution >= 4 is 54.9 Å². The van der Waals surface area contributed by atoms with Crippen molar-refractivity contribution in [2.45, 2.75) is 11.8 Å². The van der Waals surface area contributed by atoms with Crippen LogP contribution in [0.5, 0.6) is 5.75 Å². The number of hydrogen-bond donors (Lipinski definition) is 0. The number of methoxy groups -OCH3 is 1. The van der Waals surface area contributed by atoms with Crippen LogP contribution in [0.15, 0.2) is 67.2 Å². The fraction of sp³-hybridized carbons (Fsp3) is 0.158. The quantitative estimate of drug-likeness (QED) is 0.601. The van der Waals surface area contributed by atoms with E-state index in [0.717, 1.165) is 21.8 Å². The maximum Gasteiger partial charge on any atom is 0.284 e. The summed E-state index contributed by atoms with van der Waals surface area (Å²) in [5.41, 5.74) is 0.781. The van der Waals surface area contributed by atoms with Gasteiger partial charge in [0, 0.05) is 11.0 Å². The molecule has 146 valence electrons. The predicted molar refractivity (Wildman–Crippen MR) is 115 cm³/mol. The van der Waals surface area contributed by atoms with E-state index in [9.17, 15) is 13.2 Å². The molecule has 0 aliphatic carbocycles. The van der Waals surface area contributed by atoms with Crippen LogP contribution in [0.25, 0.3) is 6.08 Å². The summed E-state index contributed by atoms with van der Waals surface area (Å²) in [6, 6.07) is 13.5. The van der Waals surface area contributed by atoms with Crippen molar-refractivity contribution in [1.29, 1.82) is 0 Å². The molecule has 0 bridgehead atoms. The van der Waals surface area contributed by atoms with E-state index in [2.05, 4.69) is 20.3 Å². The first-order valence-corrected chi connectivity index (χ1v) is 11.3. The number of amidine groups is 1. The highest BCUT2D eigenvalue weighted by molar-refractivity contribution is 9.10. The number of likely N-dealkylation sites (N-methyl/N-ethyl adjacent to an activating group) is 1. The van der Waals surface area contributed by atoms with Crippen molar-refractivity contribution in [3.05, 3.63) is 63.5 Å². The molecular weight excluding hydrogens is 464 g/mol. The van der Waals surface area contributed by atoms with Gasteiger partial charge >= 0.3 is 0 Å². The van der Waals surface area contributed by atoms with Gasteiger partial charge in [-0.2, -0.15) is 8.42 Å². The highest BCUT2D eigenvalue weighted by atomic mass is 79.9. The molecule has 1 amide bonds. The first kappa shape index (κ1) is 20.6. The second-order valence-electron chi connectivity index (χ2n) is 5.74. The Hall–Kier alpha value is -2.10. The maximum atomic E-state index is 12.7. The number of carbonyl (C=O) groups excluding carboxylic acids is 1. The number of rotatable bonds is 5. The van der Waals surface area contributed by atoms with Crippen LogP contribution in [-0.2, 0) is 14.8 Å². The van der Waals surface area contributed by atoms with E-state index in [0.29, 0.717) is 17.2 Å². The van der Waals surface area contributed by atoms with Crippen LogP contribution in [0, 0.1) is 0 Å². The van der Waals surface area contributed by atoms with Crippen molar-refractivity contribution < 1.29 is 17.9 Å².